The van der Waals surface area contributed by atoms with E-state index in [-0.39, 0.29) is 41.4 Å². The number of benzene rings is 1. The summed E-state index contributed by atoms with van der Waals surface area (Å²) in [5.41, 5.74) is 2.66. The van der Waals surface area contributed by atoms with Crippen molar-refractivity contribution in [1.82, 2.24) is 4.72 Å². The van der Waals surface area contributed by atoms with Crippen LogP contribution in [0.15, 0.2) is 34.3 Å². The van der Waals surface area contributed by atoms with Crippen molar-refractivity contribution in [3.8, 4) is 11.5 Å². The molecule has 1 amide bonds. The molecule has 0 radical (unpaired) electrons. The number of hydrogen-bond acceptors (Lipinski definition) is 7. The van der Waals surface area contributed by atoms with Crippen molar-refractivity contribution >= 4 is 15.9 Å². The number of phenols is 2. The van der Waals surface area contributed by atoms with Gasteiger partial charge in [-0.3, -0.25) is 4.79 Å². The van der Waals surface area contributed by atoms with Crippen LogP contribution in [0.5, 0.6) is 11.5 Å². The molecule has 35 heavy (non-hydrogen) atoms. The van der Waals surface area contributed by atoms with Crippen LogP contribution in [0.3, 0.4) is 0 Å². The number of carbonyl (C=O) groups excluding carboxylic acids is 1. The first-order valence-electron chi connectivity index (χ1n) is 12.0. The molecule has 0 unspecified atom stereocenters. The van der Waals surface area contributed by atoms with Gasteiger partial charge in [0.1, 0.15) is 23.0 Å². The van der Waals surface area contributed by atoms with Crippen LogP contribution in [-0.4, -0.2) is 51.5 Å². The highest BCUT2D eigenvalue weighted by Gasteiger charge is 2.28. The van der Waals surface area contributed by atoms with Crippen LogP contribution in [0.1, 0.15) is 70.9 Å². The molecule has 9 heteroatoms. The first-order valence-corrected chi connectivity index (χ1v) is 13.5. The van der Waals surface area contributed by atoms with Gasteiger partial charge in [-0.05, 0) is 64.5 Å². The number of allylic oxidation sites excluding steroid dienone is 4. The number of aryl methyl sites for hydroxylation is 1. The molecule has 198 valence electrons. The molecule has 1 aromatic carbocycles. The predicted octanol–water partition coefficient (Wildman–Crippen LogP) is 4.53. The molecule has 1 rings (SSSR count). The second-order valence-corrected chi connectivity index (χ2v) is 10.4. The molecule has 0 aliphatic carbocycles. The van der Waals surface area contributed by atoms with E-state index in [4.69, 9.17) is 9.47 Å². The highest BCUT2D eigenvalue weighted by molar-refractivity contribution is 7.90. The summed E-state index contributed by atoms with van der Waals surface area (Å²) in [6, 6.07) is 1.38. The average Bonchev–Trinajstić information content (AvgIpc) is 2.75. The molecule has 0 bridgehead atoms. The molecule has 0 saturated heterocycles. The summed E-state index contributed by atoms with van der Waals surface area (Å²) in [6.07, 6.45) is 8.62. The van der Waals surface area contributed by atoms with E-state index >= 15 is 0 Å². The zero-order valence-corrected chi connectivity index (χ0v) is 22.5. The lowest BCUT2D eigenvalue weighted by atomic mass is 10.00. The standard InChI is InChI=1S/C26H41NO7S/c1-6-7-8-12-21-17-23(28)22(14-13-20(4)11-9-10-19(2)3)25(30)26(21)35(31,32)27-24(29)18-34-16-15-33-5/h10,13,17,28,30H,6-9,11-12,14-16,18H2,1-5H3,(H,27,29). The van der Waals surface area contributed by atoms with Crippen LogP contribution in [-0.2, 0) is 37.1 Å². The van der Waals surface area contributed by atoms with Crippen LogP contribution in [0.4, 0.5) is 0 Å². The van der Waals surface area contributed by atoms with Gasteiger partial charge in [0.15, 0.2) is 0 Å². The lowest BCUT2D eigenvalue weighted by Crippen LogP contribution is -2.34. The number of hydrogen-bond donors (Lipinski definition) is 3. The second kappa shape index (κ2) is 15.6. The van der Waals surface area contributed by atoms with Crippen molar-refractivity contribution in [2.45, 2.75) is 77.5 Å². The minimum atomic E-state index is -4.40. The maximum atomic E-state index is 13.1. The Morgan fingerprint density at radius 1 is 1.11 bits per heavy atom. The molecule has 3 N–H and O–H groups in total. The molecule has 0 aliphatic rings. The number of methoxy groups -OCH3 is 1. The van der Waals surface area contributed by atoms with E-state index in [1.54, 1.807) is 0 Å². The van der Waals surface area contributed by atoms with Gasteiger partial charge in [0, 0.05) is 12.7 Å². The first-order chi connectivity index (χ1) is 16.5. The Balaban J connectivity index is 3.25. The third-order valence-corrected chi connectivity index (χ3v) is 6.88. The monoisotopic (exact) mass is 511 g/mol. The van der Waals surface area contributed by atoms with E-state index in [2.05, 4.69) is 6.08 Å². The number of aromatic hydroxyl groups is 2. The fourth-order valence-corrected chi connectivity index (χ4v) is 4.83. The fraction of sp³-hybridized carbons (Fsp3) is 0.577. The van der Waals surface area contributed by atoms with Crippen molar-refractivity contribution in [2.24, 2.45) is 0 Å². The molecule has 0 saturated carbocycles. The summed E-state index contributed by atoms with van der Waals surface area (Å²) >= 11 is 0. The third-order valence-electron chi connectivity index (χ3n) is 5.39. The molecular formula is C26H41NO7S. The molecule has 0 heterocycles. The van der Waals surface area contributed by atoms with Crippen LogP contribution >= 0.6 is 0 Å². The van der Waals surface area contributed by atoms with Gasteiger partial charge in [0.05, 0.1) is 13.2 Å². The summed E-state index contributed by atoms with van der Waals surface area (Å²) in [5, 5.41) is 21.6. The molecule has 8 nitrogen and oxygen atoms in total. The van der Waals surface area contributed by atoms with Gasteiger partial charge in [0.25, 0.3) is 15.9 Å². The van der Waals surface area contributed by atoms with Crippen molar-refractivity contribution in [1.29, 1.82) is 0 Å². The van der Waals surface area contributed by atoms with Gasteiger partial charge in [-0.15, -0.1) is 0 Å². The van der Waals surface area contributed by atoms with E-state index in [1.807, 2.05) is 38.5 Å². The Morgan fingerprint density at radius 2 is 1.83 bits per heavy atom. The zero-order chi connectivity index (χ0) is 26.4. The van der Waals surface area contributed by atoms with Gasteiger partial charge < -0.3 is 19.7 Å². The Kier molecular flexibility index (Phi) is 13.7. The number of sulfonamides is 1. The maximum absolute atomic E-state index is 13.1. The fourth-order valence-electron chi connectivity index (χ4n) is 3.48. The van der Waals surface area contributed by atoms with Gasteiger partial charge in [-0.25, -0.2) is 13.1 Å². The summed E-state index contributed by atoms with van der Waals surface area (Å²) in [4.78, 5) is 11.8. The molecule has 0 atom stereocenters. The number of amides is 1. The highest BCUT2D eigenvalue weighted by atomic mass is 32.2. The van der Waals surface area contributed by atoms with E-state index in [0.29, 0.717) is 12.8 Å². The molecule has 0 spiro atoms. The van der Waals surface area contributed by atoms with E-state index in [9.17, 15) is 23.4 Å². The smallest absolute Gasteiger partial charge is 0.268 e. The van der Waals surface area contributed by atoms with Gasteiger partial charge >= 0.3 is 0 Å². The maximum Gasteiger partial charge on any atom is 0.268 e. The molecular weight excluding hydrogens is 470 g/mol. The number of phenolic OH excluding ortho intramolecular Hbond substituents is 2. The van der Waals surface area contributed by atoms with Crippen molar-refractivity contribution < 1.29 is 32.9 Å². The van der Waals surface area contributed by atoms with E-state index in [0.717, 1.165) is 31.3 Å². The first kappa shape index (κ1) is 30.7. The van der Waals surface area contributed by atoms with Gasteiger partial charge in [-0.1, -0.05) is 43.1 Å². The quantitative estimate of drug-likeness (QED) is 0.220. The number of carbonyl (C=O) groups is 1. The summed E-state index contributed by atoms with van der Waals surface area (Å²) < 4.78 is 38.2. The number of ether oxygens (including phenoxy) is 2. The Bertz CT molecular complexity index is 993. The Hall–Kier alpha value is -2.36. The molecule has 0 aliphatic heterocycles. The number of unbranched alkanes of at least 4 members (excludes halogenated alkanes) is 2. The molecule has 1 aromatic rings. The van der Waals surface area contributed by atoms with Crippen LogP contribution in [0.25, 0.3) is 0 Å². The van der Waals surface area contributed by atoms with Crippen molar-refractivity contribution in [3.63, 3.8) is 0 Å². The largest absolute Gasteiger partial charge is 0.508 e. The van der Waals surface area contributed by atoms with Crippen LogP contribution in [0, 0.1) is 0 Å². The van der Waals surface area contributed by atoms with E-state index < -0.39 is 28.3 Å². The third kappa shape index (κ3) is 10.8. The topological polar surface area (TPSA) is 122 Å². The Morgan fingerprint density at radius 3 is 2.46 bits per heavy atom. The zero-order valence-electron chi connectivity index (χ0n) is 21.6. The van der Waals surface area contributed by atoms with Gasteiger partial charge in [0.2, 0.25) is 0 Å². The minimum Gasteiger partial charge on any atom is -0.508 e. The summed E-state index contributed by atoms with van der Waals surface area (Å²) in [7, 11) is -2.92. The number of rotatable bonds is 16. The lowest BCUT2D eigenvalue weighted by molar-refractivity contribution is -0.124. The van der Waals surface area contributed by atoms with Gasteiger partial charge in [-0.2, -0.15) is 0 Å². The van der Waals surface area contributed by atoms with Crippen molar-refractivity contribution in [2.75, 3.05) is 26.9 Å². The summed E-state index contributed by atoms with van der Waals surface area (Å²) in [6.45, 7) is 7.98. The molecule has 0 aromatic heterocycles. The highest BCUT2D eigenvalue weighted by Crippen LogP contribution is 2.38. The second-order valence-electron chi connectivity index (χ2n) is 8.82. The normalized spacial score (nSPS) is 12.0. The predicted molar refractivity (Wildman–Crippen MR) is 137 cm³/mol. The number of nitrogens with one attached hydrogen (secondary N) is 1. The Labute approximate surface area is 210 Å². The minimum absolute atomic E-state index is 0.106. The average molecular weight is 512 g/mol. The lowest BCUT2D eigenvalue weighted by Gasteiger charge is -2.17. The van der Waals surface area contributed by atoms with Crippen LogP contribution < -0.4 is 4.72 Å². The van der Waals surface area contributed by atoms with E-state index in [1.165, 1.54) is 18.7 Å². The van der Waals surface area contributed by atoms with Crippen LogP contribution in [0.2, 0.25) is 0 Å². The van der Waals surface area contributed by atoms with Crippen molar-refractivity contribution in [3.05, 3.63) is 40.5 Å². The molecule has 0 fully saturated rings. The SMILES string of the molecule is CCCCCc1cc(O)c(CC=C(C)CCC=C(C)C)c(O)c1S(=O)(=O)NC(=O)COCCOC. The summed E-state index contributed by atoms with van der Waals surface area (Å²) in [5.74, 6) is -1.56.